The van der Waals surface area contributed by atoms with Gasteiger partial charge in [-0.15, -0.1) is 0 Å². The lowest BCUT2D eigenvalue weighted by Gasteiger charge is -2.22. The first-order valence-corrected chi connectivity index (χ1v) is 7.52. The van der Waals surface area contributed by atoms with Crippen molar-refractivity contribution in [3.63, 3.8) is 0 Å². The first-order valence-electron chi connectivity index (χ1n) is 7.52. The number of carbonyl (C=O) groups is 1. The number of anilines is 1. The summed E-state index contributed by atoms with van der Waals surface area (Å²) in [5.74, 6) is 0.0329. The molecule has 0 unspecified atom stereocenters. The maximum Gasteiger partial charge on any atom is 0.305 e. The van der Waals surface area contributed by atoms with E-state index in [9.17, 15) is 4.79 Å². The van der Waals surface area contributed by atoms with Crippen LogP contribution in [0.4, 0.5) is 5.69 Å². The van der Waals surface area contributed by atoms with Crippen LogP contribution in [-0.4, -0.2) is 37.3 Å². The Morgan fingerprint density at radius 3 is 2.86 bits per heavy atom. The van der Waals surface area contributed by atoms with Gasteiger partial charge in [-0.1, -0.05) is 6.07 Å². The summed E-state index contributed by atoms with van der Waals surface area (Å²) in [6, 6.07) is 6.81. The molecule has 1 fully saturated rings. The Morgan fingerprint density at radius 1 is 1.48 bits per heavy atom. The van der Waals surface area contributed by atoms with Crippen molar-refractivity contribution in [2.24, 2.45) is 0 Å². The van der Waals surface area contributed by atoms with Gasteiger partial charge >= 0.3 is 5.97 Å². The average Bonchev–Trinajstić information content (AvgIpc) is 3.27. The second-order valence-electron chi connectivity index (χ2n) is 5.46. The summed E-state index contributed by atoms with van der Waals surface area (Å²) in [4.78, 5) is 12.6. The quantitative estimate of drug-likeness (QED) is 0.731. The van der Waals surface area contributed by atoms with Crippen LogP contribution in [0.15, 0.2) is 18.2 Å². The van der Waals surface area contributed by atoms with Crippen LogP contribution in [0, 0.1) is 0 Å². The van der Waals surface area contributed by atoms with E-state index in [0.29, 0.717) is 19.2 Å². The minimum absolute atomic E-state index is 0.118. The molecule has 1 aliphatic carbocycles. The van der Waals surface area contributed by atoms with Crippen LogP contribution >= 0.6 is 0 Å². The highest BCUT2D eigenvalue weighted by Gasteiger charge is 2.20. The Hall–Kier alpha value is -1.75. The number of hydrogen-bond donors (Lipinski definition) is 2. The average molecular weight is 292 g/mol. The second-order valence-corrected chi connectivity index (χ2v) is 5.46. The van der Waals surface area contributed by atoms with Crippen molar-refractivity contribution >= 4 is 11.7 Å². The molecule has 5 heteroatoms. The lowest BCUT2D eigenvalue weighted by molar-refractivity contribution is -0.136. The number of hydrogen-bond acceptors (Lipinski definition) is 4. The molecule has 0 amide bonds. The Bertz CT molecular complexity index is 486. The highest BCUT2D eigenvalue weighted by molar-refractivity contribution is 5.68. The van der Waals surface area contributed by atoms with Crippen LogP contribution in [-0.2, 0) is 11.3 Å². The van der Waals surface area contributed by atoms with Crippen LogP contribution in [0.5, 0.6) is 5.75 Å². The zero-order valence-corrected chi connectivity index (χ0v) is 12.8. The second kappa shape index (κ2) is 7.31. The summed E-state index contributed by atoms with van der Waals surface area (Å²) in [7, 11) is 1.89. The van der Waals surface area contributed by atoms with Gasteiger partial charge in [0.2, 0.25) is 0 Å². The third kappa shape index (κ3) is 4.93. The monoisotopic (exact) mass is 292 g/mol. The third-order valence-electron chi connectivity index (χ3n) is 3.57. The molecule has 5 nitrogen and oxygen atoms in total. The van der Waals surface area contributed by atoms with Crippen molar-refractivity contribution in [3.05, 3.63) is 23.8 Å². The number of nitrogens with zero attached hydrogens (tertiary/aromatic N) is 1. The highest BCUT2D eigenvalue weighted by Crippen LogP contribution is 2.29. The van der Waals surface area contributed by atoms with E-state index in [1.165, 1.54) is 18.4 Å². The van der Waals surface area contributed by atoms with E-state index >= 15 is 0 Å². The molecule has 1 saturated carbocycles. The summed E-state index contributed by atoms with van der Waals surface area (Å²) in [6.45, 7) is 3.87. The molecule has 1 aliphatic rings. The lowest BCUT2D eigenvalue weighted by atomic mass is 10.1. The highest BCUT2D eigenvalue weighted by atomic mass is 16.5. The van der Waals surface area contributed by atoms with Crippen LogP contribution < -0.4 is 15.0 Å². The number of carboxylic acids is 1. The van der Waals surface area contributed by atoms with Crippen molar-refractivity contribution in [1.82, 2.24) is 5.32 Å². The van der Waals surface area contributed by atoms with Gasteiger partial charge in [-0.2, -0.15) is 0 Å². The molecule has 0 radical (unpaired) electrons. The normalized spacial score (nSPS) is 14.0. The molecule has 0 atom stereocenters. The number of ether oxygens (including phenoxy) is 1. The Kier molecular flexibility index (Phi) is 5.44. The van der Waals surface area contributed by atoms with Gasteiger partial charge in [-0.05, 0) is 37.5 Å². The molecule has 1 aromatic rings. The first-order chi connectivity index (χ1) is 10.1. The summed E-state index contributed by atoms with van der Waals surface area (Å²) in [6.07, 6.45) is 2.66. The maximum atomic E-state index is 10.7. The van der Waals surface area contributed by atoms with Crippen LogP contribution in [0.1, 0.15) is 31.7 Å². The topological polar surface area (TPSA) is 61.8 Å². The van der Waals surface area contributed by atoms with Crippen molar-refractivity contribution < 1.29 is 14.6 Å². The van der Waals surface area contributed by atoms with Crippen molar-refractivity contribution in [3.8, 4) is 5.75 Å². The molecule has 0 aromatic heterocycles. The van der Waals surface area contributed by atoms with Gasteiger partial charge < -0.3 is 20.1 Å². The molecule has 0 spiro atoms. The van der Waals surface area contributed by atoms with Crippen LogP contribution in [0.25, 0.3) is 0 Å². The minimum Gasteiger partial charge on any atom is -0.492 e. The fraction of sp³-hybridized carbons (Fsp3) is 0.562. The summed E-state index contributed by atoms with van der Waals surface area (Å²) < 4.78 is 5.71. The van der Waals surface area contributed by atoms with E-state index < -0.39 is 5.97 Å². The van der Waals surface area contributed by atoms with Gasteiger partial charge in [0.05, 0.1) is 18.7 Å². The van der Waals surface area contributed by atoms with Gasteiger partial charge in [-0.3, -0.25) is 4.79 Å². The SMILES string of the molecule is CCOc1cc(CNC2CC2)ccc1N(C)CCC(=O)O. The maximum absolute atomic E-state index is 10.7. The molecular weight excluding hydrogens is 268 g/mol. The van der Waals surface area contributed by atoms with E-state index in [0.717, 1.165) is 18.0 Å². The van der Waals surface area contributed by atoms with E-state index in [-0.39, 0.29) is 6.42 Å². The smallest absolute Gasteiger partial charge is 0.305 e. The predicted molar refractivity (Wildman–Crippen MR) is 83.0 cm³/mol. The van der Waals surface area contributed by atoms with Gasteiger partial charge in [0.25, 0.3) is 0 Å². The Morgan fingerprint density at radius 2 is 2.24 bits per heavy atom. The van der Waals surface area contributed by atoms with Crippen molar-refractivity contribution in [1.29, 1.82) is 0 Å². The molecule has 21 heavy (non-hydrogen) atoms. The van der Waals surface area contributed by atoms with Gasteiger partial charge in [-0.25, -0.2) is 0 Å². The van der Waals surface area contributed by atoms with E-state index in [1.807, 2.05) is 31.0 Å². The minimum atomic E-state index is -0.787. The van der Waals surface area contributed by atoms with Crippen LogP contribution in [0.2, 0.25) is 0 Å². The van der Waals surface area contributed by atoms with Crippen molar-refractivity contribution in [2.45, 2.75) is 38.8 Å². The molecule has 2 N–H and O–H groups in total. The van der Waals surface area contributed by atoms with E-state index in [4.69, 9.17) is 9.84 Å². The molecule has 1 aromatic carbocycles. The van der Waals surface area contributed by atoms with Gasteiger partial charge in [0, 0.05) is 26.2 Å². The largest absolute Gasteiger partial charge is 0.492 e. The Labute approximate surface area is 125 Å². The number of aliphatic carboxylic acids is 1. The molecule has 0 aliphatic heterocycles. The molecular formula is C16H24N2O3. The standard InChI is InChI=1S/C16H24N2O3/c1-3-21-15-10-12(11-17-13-5-6-13)4-7-14(15)18(2)9-8-16(19)20/h4,7,10,13,17H,3,5-6,8-9,11H2,1-2H3,(H,19,20). The number of nitrogens with one attached hydrogen (secondary N) is 1. The zero-order valence-electron chi connectivity index (χ0n) is 12.8. The molecule has 0 heterocycles. The van der Waals surface area contributed by atoms with Crippen LogP contribution in [0.3, 0.4) is 0 Å². The molecule has 0 bridgehead atoms. The molecule has 116 valence electrons. The fourth-order valence-electron chi connectivity index (χ4n) is 2.19. The van der Waals surface area contributed by atoms with E-state index in [2.05, 4.69) is 11.4 Å². The third-order valence-corrected chi connectivity index (χ3v) is 3.57. The summed E-state index contributed by atoms with van der Waals surface area (Å²) >= 11 is 0. The zero-order chi connectivity index (χ0) is 15.2. The number of carboxylic acid groups (broad SMARTS) is 1. The first kappa shape index (κ1) is 15.6. The summed E-state index contributed by atoms with van der Waals surface area (Å²) in [5, 5.41) is 12.3. The number of rotatable bonds is 9. The van der Waals surface area contributed by atoms with Gasteiger partial charge in [0.1, 0.15) is 5.75 Å². The predicted octanol–water partition coefficient (Wildman–Crippen LogP) is 2.25. The molecule has 0 saturated heterocycles. The Balaban J connectivity index is 2.05. The fourth-order valence-corrected chi connectivity index (χ4v) is 2.19. The number of benzene rings is 1. The summed E-state index contributed by atoms with van der Waals surface area (Å²) in [5.41, 5.74) is 2.13. The van der Waals surface area contributed by atoms with Gasteiger partial charge in [0.15, 0.2) is 0 Å². The van der Waals surface area contributed by atoms with Crippen molar-refractivity contribution in [2.75, 3.05) is 25.1 Å². The van der Waals surface area contributed by atoms with E-state index in [1.54, 1.807) is 0 Å². The molecule has 2 rings (SSSR count). The lowest BCUT2D eigenvalue weighted by Crippen LogP contribution is -2.22.